The zero-order valence-corrected chi connectivity index (χ0v) is 15.0. The number of nitrogens with zero attached hydrogens (tertiary/aromatic N) is 1. The summed E-state index contributed by atoms with van der Waals surface area (Å²) in [6, 6.07) is 7.68. The van der Waals surface area contributed by atoms with Crippen LogP contribution in [-0.2, 0) is 6.42 Å². The number of anilines is 1. The minimum Gasteiger partial charge on any atom is -0.493 e. The molecule has 6 nitrogen and oxygen atoms in total. The third kappa shape index (κ3) is 5.38. The number of hydrogen-bond acceptors (Lipinski definition) is 5. The minimum absolute atomic E-state index is 0.0992. The topological polar surface area (TPSA) is 72.5 Å². The Morgan fingerprint density at radius 1 is 1.08 bits per heavy atom. The van der Waals surface area contributed by atoms with Gasteiger partial charge in [0.05, 0.1) is 25.5 Å². The lowest BCUT2D eigenvalue weighted by molar-refractivity contribution is 0.0953. The van der Waals surface area contributed by atoms with E-state index in [9.17, 15) is 4.79 Å². The molecule has 1 aromatic carbocycles. The second-order valence-corrected chi connectivity index (χ2v) is 5.58. The second-order valence-electron chi connectivity index (χ2n) is 5.58. The van der Waals surface area contributed by atoms with Crippen molar-refractivity contribution in [1.82, 2.24) is 10.3 Å². The molecular formula is C19H25N3O3. The molecule has 0 saturated heterocycles. The van der Waals surface area contributed by atoms with E-state index in [1.54, 1.807) is 26.6 Å². The van der Waals surface area contributed by atoms with Crippen molar-refractivity contribution < 1.29 is 14.3 Å². The molecule has 2 N–H and O–H groups in total. The number of amides is 1. The van der Waals surface area contributed by atoms with Crippen LogP contribution in [0.4, 0.5) is 5.69 Å². The van der Waals surface area contributed by atoms with Crippen LogP contribution in [-0.4, -0.2) is 38.2 Å². The maximum absolute atomic E-state index is 12.0. The predicted octanol–water partition coefficient (Wildman–Crippen LogP) is 2.89. The smallest absolute Gasteiger partial charge is 0.252 e. The average molecular weight is 343 g/mol. The SMILES string of the molecule is CCCNC(=O)c1cncc(NCCc2ccc(OC)c(OC)c2)c1. The van der Waals surface area contributed by atoms with Gasteiger partial charge in [0.2, 0.25) is 0 Å². The molecule has 0 atom stereocenters. The van der Waals surface area contributed by atoms with Gasteiger partial charge in [0.25, 0.3) is 5.91 Å². The molecule has 2 aromatic rings. The second kappa shape index (κ2) is 9.52. The normalized spacial score (nSPS) is 10.2. The van der Waals surface area contributed by atoms with Gasteiger partial charge in [-0.1, -0.05) is 13.0 Å². The number of ether oxygens (including phenoxy) is 2. The first-order valence-corrected chi connectivity index (χ1v) is 8.36. The van der Waals surface area contributed by atoms with E-state index < -0.39 is 0 Å². The van der Waals surface area contributed by atoms with E-state index >= 15 is 0 Å². The molecule has 6 heteroatoms. The molecule has 0 bridgehead atoms. The summed E-state index contributed by atoms with van der Waals surface area (Å²) in [6.45, 7) is 3.40. The van der Waals surface area contributed by atoms with Gasteiger partial charge < -0.3 is 20.1 Å². The minimum atomic E-state index is -0.0992. The van der Waals surface area contributed by atoms with Gasteiger partial charge in [-0.3, -0.25) is 9.78 Å². The lowest BCUT2D eigenvalue weighted by Gasteiger charge is -2.11. The monoisotopic (exact) mass is 343 g/mol. The number of pyridine rings is 1. The van der Waals surface area contributed by atoms with Crippen molar-refractivity contribution in [2.24, 2.45) is 0 Å². The fraction of sp³-hybridized carbons (Fsp3) is 0.368. The van der Waals surface area contributed by atoms with Crippen LogP contribution < -0.4 is 20.1 Å². The van der Waals surface area contributed by atoms with E-state index in [2.05, 4.69) is 15.6 Å². The van der Waals surface area contributed by atoms with Crippen molar-refractivity contribution >= 4 is 11.6 Å². The average Bonchev–Trinajstić information content (AvgIpc) is 2.66. The van der Waals surface area contributed by atoms with E-state index in [1.807, 2.05) is 31.2 Å². The Bertz CT molecular complexity index is 704. The maximum Gasteiger partial charge on any atom is 0.252 e. The predicted molar refractivity (Wildman–Crippen MR) is 98.6 cm³/mol. The molecule has 0 aliphatic carbocycles. The van der Waals surface area contributed by atoms with Crippen LogP contribution in [0, 0.1) is 0 Å². The van der Waals surface area contributed by atoms with Crippen LogP contribution in [0.25, 0.3) is 0 Å². The fourth-order valence-electron chi connectivity index (χ4n) is 2.39. The molecule has 0 fully saturated rings. The third-order valence-electron chi connectivity index (χ3n) is 3.73. The number of benzene rings is 1. The lowest BCUT2D eigenvalue weighted by Crippen LogP contribution is -2.24. The van der Waals surface area contributed by atoms with Crippen molar-refractivity contribution in [3.63, 3.8) is 0 Å². The Labute approximate surface area is 148 Å². The van der Waals surface area contributed by atoms with E-state index in [0.717, 1.165) is 36.4 Å². The molecule has 0 unspecified atom stereocenters. The highest BCUT2D eigenvalue weighted by Gasteiger charge is 2.07. The van der Waals surface area contributed by atoms with Crippen molar-refractivity contribution in [1.29, 1.82) is 0 Å². The molecule has 0 radical (unpaired) electrons. The summed E-state index contributed by atoms with van der Waals surface area (Å²) in [6.07, 6.45) is 5.00. The van der Waals surface area contributed by atoms with Crippen LogP contribution in [0.15, 0.2) is 36.7 Å². The quantitative estimate of drug-likeness (QED) is 0.732. The number of nitrogens with one attached hydrogen (secondary N) is 2. The number of hydrogen-bond donors (Lipinski definition) is 2. The van der Waals surface area contributed by atoms with Gasteiger partial charge >= 0.3 is 0 Å². The summed E-state index contributed by atoms with van der Waals surface area (Å²) < 4.78 is 10.6. The number of rotatable bonds is 9. The molecule has 0 saturated carbocycles. The van der Waals surface area contributed by atoms with E-state index in [1.165, 1.54) is 0 Å². The third-order valence-corrected chi connectivity index (χ3v) is 3.73. The van der Waals surface area contributed by atoms with Crippen LogP contribution in [0.1, 0.15) is 29.3 Å². The zero-order valence-electron chi connectivity index (χ0n) is 15.0. The summed E-state index contributed by atoms with van der Waals surface area (Å²) in [5, 5.41) is 6.14. The molecule has 1 amide bonds. The number of aromatic nitrogens is 1. The van der Waals surface area contributed by atoms with Gasteiger partial charge in [-0.25, -0.2) is 0 Å². The van der Waals surface area contributed by atoms with E-state index in [0.29, 0.717) is 17.9 Å². The molecule has 1 heterocycles. The van der Waals surface area contributed by atoms with E-state index in [4.69, 9.17) is 9.47 Å². The Morgan fingerprint density at radius 2 is 1.88 bits per heavy atom. The van der Waals surface area contributed by atoms with Gasteiger partial charge in [0.15, 0.2) is 11.5 Å². The number of carbonyl (C=O) groups excluding carboxylic acids is 1. The van der Waals surface area contributed by atoms with Crippen molar-refractivity contribution in [3.8, 4) is 11.5 Å². The summed E-state index contributed by atoms with van der Waals surface area (Å²) in [5.41, 5.74) is 2.52. The zero-order chi connectivity index (χ0) is 18.1. The van der Waals surface area contributed by atoms with Gasteiger partial charge in [-0.05, 0) is 36.6 Å². The number of methoxy groups -OCH3 is 2. The highest BCUT2D eigenvalue weighted by Crippen LogP contribution is 2.27. The standard InChI is InChI=1S/C19H25N3O3/c1-4-8-22-19(23)15-11-16(13-20-12-15)21-9-7-14-5-6-17(24-2)18(10-14)25-3/h5-6,10-13,21H,4,7-9H2,1-3H3,(H,22,23). The first kappa shape index (κ1) is 18.6. The van der Waals surface area contributed by atoms with Crippen molar-refractivity contribution in [2.45, 2.75) is 19.8 Å². The first-order chi connectivity index (χ1) is 12.2. The Hall–Kier alpha value is -2.76. The van der Waals surface area contributed by atoms with Gasteiger partial charge in [0.1, 0.15) is 0 Å². The maximum atomic E-state index is 12.0. The number of carbonyl (C=O) groups is 1. The molecule has 2 rings (SSSR count). The summed E-state index contributed by atoms with van der Waals surface area (Å²) in [4.78, 5) is 16.1. The Morgan fingerprint density at radius 3 is 2.60 bits per heavy atom. The largest absolute Gasteiger partial charge is 0.493 e. The van der Waals surface area contributed by atoms with Crippen LogP contribution >= 0.6 is 0 Å². The highest BCUT2D eigenvalue weighted by molar-refractivity contribution is 5.94. The Balaban J connectivity index is 1.92. The van der Waals surface area contributed by atoms with Crippen molar-refractivity contribution in [3.05, 3.63) is 47.8 Å². The molecule has 0 aliphatic heterocycles. The first-order valence-electron chi connectivity index (χ1n) is 8.36. The van der Waals surface area contributed by atoms with Crippen molar-refractivity contribution in [2.75, 3.05) is 32.6 Å². The molecule has 1 aromatic heterocycles. The molecular weight excluding hydrogens is 318 g/mol. The summed E-state index contributed by atoms with van der Waals surface area (Å²) in [7, 11) is 3.25. The van der Waals surface area contributed by atoms with E-state index in [-0.39, 0.29) is 5.91 Å². The van der Waals surface area contributed by atoms with Crippen LogP contribution in [0.2, 0.25) is 0 Å². The fourth-order valence-corrected chi connectivity index (χ4v) is 2.39. The molecule has 134 valence electrons. The highest BCUT2D eigenvalue weighted by atomic mass is 16.5. The molecule has 0 spiro atoms. The Kier molecular flexibility index (Phi) is 7.07. The van der Waals surface area contributed by atoms with Gasteiger partial charge in [-0.15, -0.1) is 0 Å². The molecule has 25 heavy (non-hydrogen) atoms. The summed E-state index contributed by atoms with van der Waals surface area (Å²) >= 11 is 0. The van der Waals surface area contributed by atoms with Gasteiger partial charge in [0, 0.05) is 25.5 Å². The lowest BCUT2D eigenvalue weighted by atomic mass is 10.1. The summed E-state index contributed by atoms with van der Waals surface area (Å²) in [5.74, 6) is 1.34. The van der Waals surface area contributed by atoms with Crippen LogP contribution in [0.5, 0.6) is 11.5 Å². The molecule has 0 aliphatic rings. The van der Waals surface area contributed by atoms with Gasteiger partial charge in [-0.2, -0.15) is 0 Å². The van der Waals surface area contributed by atoms with Crippen LogP contribution in [0.3, 0.4) is 0 Å².